The van der Waals surface area contributed by atoms with Gasteiger partial charge in [0.1, 0.15) is 6.04 Å². The van der Waals surface area contributed by atoms with Crippen LogP contribution in [0.4, 0.5) is 5.69 Å². The molecule has 0 fully saturated rings. The summed E-state index contributed by atoms with van der Waals surface area (Å²) in [5, 5.41) is 17.5. The van der Waals surface area contributed by atoms with Crippen LogP contribution in [0.5, 0.6) is 0 Å². The zero-order valence-corrected chi connectivity index (χ0v) is 30.2. The van der Waals surface area contributed by atoms with Crippen molar-refractivity contribution in [2.75, 3.05) is 11.5 Å². The fraction of sp³-hybridized carbons (Fsp3) is 0.316. The van der Waals surface area contributed by atoms with Crippen LogP contribution in [-0.2, 0) is 35.2 Å². The molecule has 52 heavy (non-hydrogen) atoms. The van der Waals surface area contributed by atoms with Crippen molar-refractivity contribution in [1.82, 2.24) is 10.3 Å². The number of aliphatic carboxylic acids is 1. The number of fused-ring (bicyclic) bond motifs is 1. The molecule has 272 valence electrons. The standard InChI is InChI=1S/C38H38Cl2N4O8/c1-4-32(46)44(30-20-41-27-16-9-8-13-24(27)30)35(22(2)3)29-19-38(52-43-29,18-23-11-6-5-7-12-23)37(50)42-28(17-33(47)48)31(45)21-51-36(49)34-25(39)14-10-15-26(34)40/h5-16,20,22,28,35,41H,4,17-19,21H2,1-3H3,(H,42,50)(H,47,48)/t28-,35-,38?/m0/s1. The van der Waals surface area contributed by atoms with Gasteiger partial charge in [-0.1, -0.05) is 104 Å². The summed E-state index contributed by atoms with van der Waals surface area (Å²) in [6.45, 7) is 4.77. The molecule has 1 aromatic heterocycles. The number of Topliss-reactive ketones (excluding diaryl/α,β-unsaturated/α-hetero) is 1. The highest BCUT2D eigenvalue weighted by Crippen LogP contribution is 2.37. The monoisotopic (exact) mass is 748 g/mol. The van der Waals surface area contributed by atoms with Crippen LogP contribution in [0.15, 0.2) is 84.1 Å². The third-order valence-electron chi connectivity index (χ3n) is 8.78. The Morgan fingerprint density at radius 2 is 1.67 bits per heavy atom. The maximum Gasteiger partial charge on any atom is 0.341 e. The molecule has 0 radical (unpaired) electrons. The molecule has 3 N–H and O–H groups in total. The number of carbonyl (C=O) groups excluding carboxylic acids is 4. The van der Waals surface area contributed by atoms with E-state index in [0.717, 1.165) is 10.9 Å². The summed E-state index contributed by atoms with van der Waals surface area (Å²) >= 11 is 12.2. The van der Waals surface area contributed by atoms with Crippen LogP contribution >= 0.6 is 23.2 Å². The molecule has 0 saturated carbocycles. The Morgan fingerprint density at radius 3 is 2.33 bits per heavy atom. The van der Waals surface area contributed by atoms with Crippen molar-refractivity contribution in [2.45, 2.75) is 64.1 Å². The van der Waals surface area contributed by atoms with Gasteiger partial charge in [-0.15, -0.1) is 0 Å². The van der Waals surface area contributed by atoms with Gasteiger partial charge in [0.25, 0.3) is 5.91 Å². The maximum atomic E-state index is 14.3. The lowest BCUT2D eigenvalue weighted by Gasteiger charge is -2.34. The number of nitrogens with one attached hydrogen (secondary N) is 2. The number of anilines is 1. The number of hydrogen-bond acceptors (Lipinski definition) is 8. The number of aromatic amines is 1. The average Bonchev–Trinajstić information content (AvgIpc) is 3.74. The van der Waals surface area contributed by atoms with Crippen LogP contribution in [0.2, 0.25) is 10.0 Å². The second-order valence-corrected chi connectivity index (χ2v) is 13.6. The first-order valence-electron chi connectivity index (χ1n) is 16.7. The SMILES string of the molecule is CCC(=O)N(c1c[nH]c2ccccc12)[C@H](C1=NOC(Cc2ccccc2)(C(=O)N[C@@H](CC(=O)O)C(=O)COC(=O)c2c(Cl)cccc2Cl)C1)C(C)C. The number of aromatic nitrogens is 1. The van der Waals surface area contributed by atoms with Gasteiger partial charge in [0.2, 0.25) is 11.5 Å². The van der Waals surface area contributed by atoms with Crippen molar-refractivity contribution in [1.29, 1.82) is 0 Å². The van der Waals surface area contributed by atoms with Crippen LogP contribution in [0.1, 0.15) is 56.0 Å². The zero-order chi connectivity index (χ0) is 37.6. The first-order chi connectivity index (χ1) is 24.8. The minimum atomic E-state index is -1.73. The van der Waals surface area contributed by atoms with Crippen molar-refractivity contribution in [3.8, 4) is 0 Å². The number of carboxylic acid groups (broad SMARTS) is 1. The van der Waals surface area contributed by atoms with Crippen LogP contribution in [0, 0.1) is 5.92 Å². The number of H-pyrrole nitrogens is 1. The predicted molar refractivity (Wildman–Crippen MR) is 197 cm³/mol. The van der Waals surface area contributed by atoms with Crippen LogP contribution < -0.4 is 10.2 Å². The summed E-state index contributed by atoms with van der Waals surface area (Å²) in [7, 11) is 0. The third kappa shape index (κ3) is 8.29. The van der Waals surface area contributed by atoms with Gasteiger partial charge >= 0.3 is 11.9 Å². The highest BCUT2D eigenvalue weighted by Gasteiger charge is 2.51. The normalized spacial score (nSPS) is 16.5. The Bertz CT molecular complexity index is 1990. The van der Waals surface area contributed by atoms with Crippen LogP contribution in [-0.4, -0.2) is 69.6 Å². The molecular formula is C38H38Cl2N4O8. The number of benzene rings is 3. The van der Waals surface area contributed by atoms with Gasteiger partial charge in [-0.2, -0.15) is 0 Å². The zero-order valence-electron chi connectivity index (χ0n) is 28.7. The number of amides is 2. The molecule has 1 aliphatic heterocycles. The number of oxime groups is 1. The number of rotatable bonds is 15. The number of para-hydroxylation sites is 1. The topological polar surface area (TPSA) is 167 Å². The Labute approximate surface area is 310 Å². The van der Waals surface area contributed by atoms with E-state index in [-0.39, 0.29) is 46.7 Å². The van der Waals surface area contributed by atoms with E-state index in [0.29, 0.717) is 17.0 Å². The lowest BCUT2D eigenvalue weighted by atomic mass is 9.84. The lowest BCUT2D eigenvalue weighted by Crippen LogP contribution is -2.56. The molecule has 1 unspecified atom stereocenters. The average molecular weight is 750 g/mol. The van der Waals surface area contributed by atoms with Crippen LogP contribution in [0.25, 0.3) is 10.9 Å². The quantitative estimate of drug-likeness (QED) is 0.118. The molecule has 0 aliphatic carbocycles. The van der Waals surface area contributed by atoms with E-state index in [4.69, 9.17) is 32.8 Å². The number of hydrogen-bond donors (Lipinski definition) is 3. The molecule has 4 aromatic rings. The first-order valence-corrected chi connectivity index (χ1v) is 17.4. The molecule has 2 heterocycles. The number of carboxylic acids is 1. The summed E-state index contributed by atoms with van der Waals surface area (Å²) in [4.78, 5) is 77.0. The van der Waals surface area contributed by atoms with Gasteiger partial charge in [-0.05, 0) is 29.7 Å². The summed E-state index contributed by atoms with van der Waals surface area (Å²) < 4.78 is 5.15. The van der Waals surface area contributed by atoms with E-state index in [1.54, 1.807) is 42.3 Å². The highest BCUT2D eigenvalue weighted by atomic mass is 35.5. The number of nitrogens with zero attached hydrogens (tertiary/aromatic N) is 2. The minimum absolute atomic E-state index is 0.000269. The van der Waals surface area contributed by atoms with E-state index < -0.39 is 54.3 Å². The van der Waals surface area contributed by atoms with Crippen molar-refractivity contribution < 1.29 is 38.7 Å². The van der Waals surface area contributed by atoms with Crippen molar-refractivity contribution in [3.05, 3.63) is 100 Å². The first kappa shape index (κ1) is 38.0. The fourth-order valence-electron chi connectivity index (χ4n) is 6.29. The summed E-state index contributed by atoms with van der Waals surface area (Å²) in [5.74, 6) is -4.44. The lowest BCUT2D eigenvalue weighted by molar-refractivity contribution is -0.148. The fourth-order valence-corrected chi connectivity index (χ4v) is 6.84. The second-order valence-electron chi connectivity index (χ2n) is 12.8. The smallest absolute Gasteiger partial charge is 0.341 e. The van der Waals surface area contributed by atoms with Crippen LogP contribution in [0.3, 0.4) is 0 Å². The summed E-state index contributed by atoms with van der Waals surface area (Å²) in [6, 6.07) is 18.7. The van der Waals surface area contributed by atoms with Crippen molar-refractivity contribution in [3.63, 3.8) is 0 Å². The van der Waals surface area contributed by atoms with Crippen molar-refractivity contribution >= 4 is 75.0 Å². The predicted octanol–water partition coefficient (Wildman–Crippen LogP) is 6.39. The Kier molecular flexibility index (Phi) is 12.0. The second kappa shape index (κ2) is 16.4. The minimum Gasteiger partial charge on any atom is -0.481 e. The molecule has 0 spiro atoms. The number of ether oxygens (including phenoxy) is 1. The molecule has 2 amide bonds. The van der Waals surface area contributed by atoms with Gasteiger partial charge in [-0.3, -0.25) is 19.2 Å². The Hall–Kier alpha value is -5.20. The molecule has 3 aromatic carbocycles. The highest BCUT2D eigenvalue weighted by molar-refractivity contribution is 6.39. The molecule has 5 rings (SSSR count). The molecule has 14 heteroatoms. The van der Waals surface area contributed by atoms with E-state index in [1.807, 2.05) is 44.2 Å². The number of carbonyl (C=O) groups is 5. The summed E-state index contributed by atoms with van der Waals surface area (Å²) in [6.07, 6.45) is 1.07. The van der Waals surface area contributed by atoms with E-state index in [9.17, 15) is 29.1 Å². The molecule has 0 bridgehead atoms. The largest absolute Gasteiger partial charge is 0.481 e. The number of halogens is 2. The van der Waals surface area contributed by atoms with Crippen molar-refractivity contribution in [2.24, 2.45) is 11.1 Å². The molecule has 1 aliphatic rings. The maximum absolute atomic E-state index is 14.3. The Balaban J connectivity index is 1.44. The molecule has 3 atom stereocenters. The number of ketones is 1. The van der Waals surface area contributed by atoms with Gasteiger partial charge in [0.05, 0.1) is 39.5 Å². The van der Waals surface area contributed by atoms with E-state index in [1.165, 1.54) is 18.2 Å². The van der Waals surface area contributed by atoms with E-state index in [2.05, 4.69) is 15.5 Å². The Morgan fingerprint density at radius 1 is 1.00 bits per heavy atom. The van der Waals surface area contributed by atoms with Gasteiger partial charge < -0.3 is 29.9 Å². The van der Waals surface area contributed by atoms with Gasteiger partial charge in [-0.25, -0.2) is 4.79 Å². The summed E-state index contributed by atoms with van der Waals surface area (Å²) in [5.41, 5.74) is 0.717. The number of esters is 1. The molecular weight excluding hydrogens is 711 g/mol. The third-order valence-corrected chi connectivity index (χ3v) is 9.41. The molecule has 12 nitrogen and oxygen atoms in total. The van der Waals surface area contributed by atoms with E-state index >= 15 is 0 Å². The van der Waals surface area contributed by atoms with Gasteiger partial charge in [0.15, 0.2) is 12.4 Å². The molecule has 0 saturated heterocycles. The van der Waals surface area contributed by atoms with Gasteiger partial charge in [0, 0.05) is 36.4 Å².